The monoisotopic (exact) mass is 290 g/mol. The Morgan fingerprint density at radius 2 is 2.20 bits per heavy atom. The van der Waals surface area contributed by atoms with E-state index in [4.69, 9.17) is 16.3 Å². The van der Waals surface area contributed by atoms with Gasteiger partial charge in [0.2, 0.25) is 0 Å². The number of hydrogen-bond acceptors (Lipinski definition) is 3. The van der Waals surface area contributed by atoms with Gasteiger partial charge in [-0.2, -0.15) is 0 Å². The van der Waals surface area contributed by atoms with Gasteiger partial charge in [0.25, 0.3) is 5.91 Å². The number of amides is 1. The molecule has 1 heterocycles. The molecule has 0 unspecified atom stereocenters. The van der Waals surface area contributed by atoms with Crippen LogP contribution in [0.5, 0.6) is 5.75 Å². The number of aromatic nitrogens is 1. The maximum atomic E-state index is 11.8. The van der Waals surface area contributed by atoms with Crippen molar-refractivity contribution in [1.82, 2.24) is 10.3 Å². The lowest BCUT2D eigenvalue weighted by molar-refractivity contribution is 0.0946. The molecule has 0 saturated heterocycles. The van der Waals surface area contributed by atoms with E-state index in [0.717, 1.165) is 5.56 Å². The summed E-state index contributed by atoms with van der Waals surface area (Å²) in [5, 5.41) is 3.33. The average molecular weight is 291 g/mol. The molecule has 4 nitrogen and oxygen atoms in total. The predicted molar refractivity (Wildman–Crippen MR) is 78.0 cm³/mol. The fraction of sp³-hybridized carbons (Fsp3) is 0.200. The fourth-order valence-electron chi connectivity index (χ4n) is 1.70. The van der Waals surface area contributed by atoms with Gasteiger partial charge < -0.3 is 10.1 Å². The van der Waals surface area contributed by atoms with Gasteiger partial charge in [0.15, 0.2) is 0 Å². The van der Waals surface area contributed by atoms with E-state index >= 15 is 0 Å². The molecule has 0 bridgehead atoms. The first kappa shape index (κ1) is 14.3. The van der Waals surface area contributed by atoms with Crippen molar-refractivity contribution in [2.75, 3.05) is 6.61 Å². The molecule has 5 heteroatoms. The van der Waals surface area contributed by atoms with Gasteiger partial charge in [-0.25, -0.2) is 0 Å². The molecule has 1 amide bonds. The van der Waals surface area contributed by atoms with Gasteiger partial charge in [0, 0.05) is 12.7 Å². The Bertz CT molecular complexity index is 588. The summed E-state index contributed by atoms with van der Waals surface area (Å²) in [5.74, 6) is 0.435. The molecular formula is C15H15ClN2O2. The molecule has 0 spiro atoms. The van der Waals surface area contributed by atoms with E-state index < -0.39 is 0 Å². The van der Waals surface area contributed by atoms with Crippen LogP contribution in [0.15, 0.2) is 42.6 Å². The third-order valence-corrected chi connectivity index (χ3v) is 2.94. The Labute approximate surface area is 122 Å². The van der Waals surface area contributed by atoms with Crippen LogP contribution >= 0.6 is 11.6 Å². The summed E-state index contributed by atoms with van der Waals surface area (Å²) in [6, 6.07) is 10.7. The second-order valence-corrected chi connectivity index (χ2v) is 4.50. The first-order valence-corrected chi connectivity index (χ1v) is 6.69. The zero-order chi connectivity index (χ0) is 14.4. The quantitative estimate of drug-likeness (QED) is 0.921. The molecule has 0 fully saturated rings. The number of carbonyl (C=O) groups excluding carboxylic acids is 1. The predicted octanol–water partition coefficient (Wildman–Crippen LogP) is 3.06. The van der Waals surface area contributed by atoms with Gasteiger partial charge in [-0.1, -0.05) is 23.7 Å². The van der Waals surface area contributed by atoms with Gasteiger partial charge in [0.05, 0.1) is 11.6 Å². The largest absolute Gasteiger partial charge is 0.492 e. The van der Waals surface area contributed by atoms with Gasteiger partial charge >= 0.3 is 0 Å². The van der Waals surface area contributed by atoms with E-state index in [0.29, 0.717) is 29.6 Å². The van der Waals surface area contributed by atoms with E-state index in [-0.39, 0.29) is 5.91 Å². The molecular weight excluding hydrogens is 276 g/mol. The van der Waals surface area contributed by atoms with Crippen LogP contribution < -0.4 is 10.1 Å². The molecule has 0 aliphatic heterocycles. The van der Waals surface area contributed by atoms with Gasteiger partial charge in [-0.15, -0.1) is 0 Å². The SMILES string of the molecule is CCOc1ccc(CNC(=O)c2ccccn2)cc1Cl. The highest BCUT2D eigenvalue weighted by molar-refractivity contribution is 6.32. The van der Waals surface area contributed by atoms with Crippen molar-refractivity contribution in [2.45, 2.75) is 13.5 Å². The van der Waals surface area contributed by atoms with E-state index in [1.54, 1.807) is 36.5 Å². The lowest BCUT2D eigenvalue weighted by atomic mass is 10.2. The van der Waals surface area contributed by atoms with E-state index in [9.17, 15) is 4.79 Å². The molecule has 104 valence electrons. The minimum absolute atomic E-state index is 0.212. The van der Waals surface area contributed by atoms with Crippen molar-refractivity contribution in [2.24, 2.45) is 0 Å². The number of carbonyl (C=O) groups is 1. The molecule has 0 atom stereocenters. The minimum atomic E-state index is -0.212. The van der Waals surface area contributed by atoms with Crippen LogP contribution in [0.25, 0.3) is 0 Å². The minimum Gasteiger partial charge on any atom is -0.492 e. The normalized spacial score (nSPS) is 10.1. The van der Waals surface area contributed by atoms with Crippen LogP contribution in [0.4, 0.5) is 0 Å². The molecule has 0 radical (unpaired) electrons. The maximum Gasteiger partial charge on any atom is 0.270 e. The summed E-state index contributed by atoms with van der Waals surface area (Å²) < 4.78 is 5.36. The summed E-state index contributed by atoms with van der Waals surface area (Å²) in [7, 11) is 0. The number of nitrogens with zero attached hydrogens (tertiary/aromatic N) is 1. The summed E-state index contributed by atoms with van der Waals surface area (Å²) >= 11 is 6.09. The zero-order valence-corrected chi connectivity index (χ0v) is 11.9. The van der Waals surface area contributed by atoms with Crippen molar-refractivity contribution in [1.29, 1.82) is 0 Å². The first-order valence-electron chi connectivity index (χ1n) is 6.31. The molecule has 2 rings (SSSR count). The van der Waals surface area contributed by atoms with Crippen LogP contribution in [-0.2, 0) is 6.54 Å². The zero-order valence-electron chi connectivity index (χ0n) is 11.1. The van der Waals surface area contributed by atoms with Crippen LogP contribution in [0, 0.1) is 0 Å². The molecule has 0 saturated carbocycles. The standard InChI is InChI=1S/C15H15ClN2O2/c1-2-20-14-7-6-11(9-12(14)16)10-18-15(19)13-5-3-4-8-17-13/h3-9H,2,10H2,1H3,(H,18,19). The van der Waals surface area contributed by atoms with Crippen LogP contribution in [0.3, 0.4) is 0 Å². The van der Waals surface area contributed by atoms with E-state index in [1.807, 2.05) is 13.0 Å². The number of halogens is 1. The molecule has 0 aliphatic carbocycles. The van der Waals surface area contributed by atoms with Crippen LogP contribution in [-0.4, -0.2) is 17.5 Å². The van der Waals surface area contributed by atoms with Crippen LogP contribution in [0.1, 0.15) is 23.0 Å². The Hall–Kier alpha value is -2.07. The highest BCUT2D eigenvalue weighted by Crippen LogP contribution is 2.25. The Morgan fingerprint density at radius 1 is 1.35 bits per heavy atom. The fourth-order valence-corrected chi connectivity index (χ4v) is 1.95. The molecule has 1 aromatic carbocycles. The summed E-state index contributed by atoms with van der Waals surface area (Å²) in [6.07, 6.45) is 1.59. The van der Waals surface area contributed by atoms with Gasteiger partial charge in [0.1, 0.15) is 11.4 Å². The van der Waals surface area contributed by atoms with Gasteiger partial charge in [-0.05, 0) is 36.8 Å². The second kappa shape index (κ2) is 6.91. The summed E-state index contributed by atoms with van der Waals surface area (Å²) in [5.41, 5.74) is 1.30. The third-order valence-electron chi connectivity index (χ3n) is 2.65. The van der Waals surface area contributed by atoms with Crippen molar-refractivity contribution < 1.29 is 9.53 Å². The summed E-state index contributed by atoms with van der Waals surface area (Å²) in [6.45, 7) is 2.86. The number of nitrogens with one attached hydrogen (secondary N) is 1. The molecule has 1 N–H and O–H groups in total. The topological polar surface area (TPSA) is 51.2 Å². The molecule has 0 aliphatic rings. The third kappa shape index (κ3) is 3.71. The Balaban J connectivity index is 1.97. The first-order chi connectivity index (χ1) is 9.70. The second-order valence-electron chi connectivity index (χ2n) is 4.10. The Morgan fingerprint density at radius 3 is 2.85 bits per heavy atom. The number of benzene rings is 1. The lowest BCUT2D eigenvalue weighted by Gasteiger charge is -2.08. The Kier molecular flexibility index (Phi) is 4.96. The number of hydrogen-bond donors (Lipinski definition) is 1. The molecule has 1 aromatic heterocycles. The average Bonchev–Trinajstić information content (AvgIpc) is 2.48. The molecule has 20 heavy (non-hydrogen) atoms. The van der Waals surface area contributed by atoms with Crippen molar-refractivity contribution in [3.8, 4) is 5.75 Å². The highest BCUT2D eigenvalue weighted by Gasteiger charge is 2.07. The lowest BCUT2D eigenvalue weighted by Crippen LogP contribution is -2.23. The van der Waals surface area contributed by atoms with E-state index in [2.05, 4.69) is 10.3 Å². The maximum absolute atomic E-state index is 11.8. The number of pyridine rings is 1. The molecule has 2 aromatic rings. The van der Waals surface area contributed by atoms with Crippen molar-refractivity contribution in [3.05, 3.63) is 58.9 Å². The van der Waals surface area contributed by atoms with Gasteiger partial charge in [-0.3, -0.25) is 9.78 Å². The van der Waals surface area contributed by atoms with Crippen molar-refractivity contribution >= 4 is 17.5 Å². The smallest absolute Gasteiger partial charge is 0.270 e. The number of rotatable bonds is 5. The van der Waals surface area contributed by atoms with Crippen molar-refractivity contribution in [3.63, 3.8) is 0 Å². The summed E-state index contributed by atoms with van der Waals surface area (Å²) in [4.78, 5) is 15.8. The van der Waals surface area contributed by atoms with E-state index in [1.165, 1.54) is 0 Å². The highest BCUT2D eigenvalue weighted by atomic mass is 35.5. The van der Waals surface area contributed by atoms with Crippen LogP contribution in [0.2, 0.25) is 5.02 Å². The number of ether oxygens (including phenoxy) is 1.